The maximum atomic E-state index is 12.3. The van der Waals surface area contributed by atoms with Crippen LogP contribution < -0.4 is 11.1 Å². The fourth-order valence-electron chi connectivity index (χ4n) is 2.12. The van der Waals surface area contributed by atoms with E-state index in [0.717, 1.165) is 11.1 Å². The summed E-state index contributed by atoms with van der Waals surface area (Å²) in [7, 11) is 0. The fourth-order valence-corrected chi connectivity index (χ4v) is 2.12. The normalized spacial score (nSPS) is 12.2. The van der Waals surface area contributed by atoms with Crippen LogP contribution in [-0.4, -0.2) is 11.0 Å². The molecule has 0 aliphatic heterocycles. The van der Waals surface area contributed by atoms with Crippen LogP contribution in [0.25, 0.3) is 0 Å². The van der Waals surface area contributed by atoms with E-state index in [1.165, 1.54) is 0 Å². The molecule has 0 saturated heterocycles. The van der Waals surface area contributed by atoms with Crippen molar-refractivity contribution in [2.75, 3.05) is 5.32 Å². The molecule has 0 aliphatic carbocycles. The van der Waals surface area contributed by atoms with E-state index in [1.54, 1.807) is 24.3 Å². The molecule has 0 saturated carbocycles. The van der Waals surface area contributed by atoms with E-state index >= 15 is 0 Å². The number of benzene rings is 2. The van der Waals surface area contributed by atoms with E-state index in [9.17, 15) is 9.90 Å². The van der Waals surface area contributed by atoms with Gasteiger partial charge in [-0.3, -0.25) is 4.79 Å². The Hall–Kier alpha value is -2.04. The van der Waals surface area contributed by atoms with Gasteiger partial charge in [0.15, 0.2) is 0 Å². The van der Waals surface area contributed by atoms with Crippen LogP contribution in [0.3, 0.4) is 0 Å². The summed E-state index contributed by atoms with van der Waals surface area (Å²) in [6.45, 7) is 6.21. The zero-order valence-electron chi connectivity index (χ0n) is 13.5. The number of phenolic OH excluding ortho intramolecular Hbond substituents is 1. The quantitative estimate of drug-likeness (QED) is 0.748. The lowest BCUT2D eigenvalue weighted by Crippen LogP contribution is -2.27. The van der Waals surface area contributed by atoms with Crippen LogP contribution in [0.2, 0.25) is 0 Å². The molecule has 1 amide bonds. The third kappa shape index (κ3) is 4.71. The summed E-state index contributed by atoms with van der Waals surface area (Å²) < 4.78 is 0. The maximum Gasteiger partial charge on any atom is 0.245 e. The second kappa shape index (κ2) is 7.49. The van der Waals surface area contributed by atoms with Crippen molar-refractivity contribution in [1.29, 1.82) is 0 Å². The minimum Gasteiger partial charge on any atom is -0.506 e. The summed E-state index contributed by atoms with van der Waals surface area (Å²) in [5.41, 5.74) is 8.02. The summed E-state index contributed by atoms with van der Waals surface area (Å²) in [6.07, 6.45) is 0. The van der Waals surface area contributed by atoms with E-state index in [0.29, 0.717) is 5.69 Å². The lowest BCUT2D eigenvalue weighted by molar-refractivity contribution is -0.117. The number of carbonyl (C=O) groups is 1. The molecule has 0 fully saturated rings. The van der Waals surface area contributed by atoms with E-state index in [2.05, 4.69) is 26.1 Å². The van der Waals surface area contributed by atoms with Crippen LogP contribution in [0.1, 0.15) is 37.9 Å². The molecule has 1 unspecified atom stereocenters. The van der Waals surface area contributed by atoms with Crippen molar-refractivity contribution in [2.24, 2.45) is 5.73 Å². The van der Waals surface area contributed by atoms with Crippen LogP contribution in [0.5, 0.6) is 5.75 Å². The second-order valence-electron chi connectivity index (χ2n) is 6.36. The van der Waals surface area contributed by atoms with Gasteiger partial charge in [0.1, 0.15) is 11.8 Å². The van der Waals surface area contributed by atoms with Gasteiger partial charge in [0, 0.05) is 0 Å². The lowest BCUT2D eigenvalue weighted by Gasteiger charge is -2.21. The first-order valence-electron chi connectivity index (χ1n) is 7.24. The van der Waals surface area contributed by atoms with Gasteiger partial charge < -0.3 is 16.2 Å². The van der Waals surface area contributed by atoms with E-state index in [1.807, 2.05) is 24.3 Å². The molecule has 0 radical (unpaired) electrons. The Labute approximate surface area is 143 Å². The van der Waals surface area contributed by atoms with Crippen molar-refractivity contribution in [1.82, 2.24) is 0 Å². The van der Waals surface area contributed by atoms with Crippen molar-refractivity contribution in [2.45, 2.75) is 32.2 Å². The lowest BCUT2D eigenvalue weighted by atomic mass is 9.87. The minimum atomic E-state index is -0.779. The molecule has 0 aromatic heterocycles. The van der Waals surface area contributed by atoms with Gasteiger partial charge in [0.2, 0.25) is 5.91 Å². The predicted molar refractivity (Wildman–Crippen MR) is 96.1 cm³/mol. The molecule has 2 rings (SSSR count). The molecule has 124 valence electrons. The zero-order valence-corrected chi connectivity index (χ0v) is 14.4. The number of anilines is 1. The van der Waals surface area contributed by atoms with Crippen molar-refractivity contribution >= 4 is 24.0 Å². The highest BCUT2D eigenvalue weighted by Gasteiger charge is 2.19. The third-order valence-corrected chi connectivity index (χ3v) is 3.56. The Morgan fingerprint density at radius 3 is 2.30 bits per heavy atom. The molecule has 5 heteroatoms. The van der Waals surface area contributed by atoms with Gasteiger partial charge in [-0.2, -0.15) is 0 Å². The van der Waals surface area contributed by atoms with Crippen molar-refractivity contribution < 1.29 is 9.90 Å². The van der Waals surface area contributed by atoms with Crippen molar-refractivity contribution in [3.63, 3.8) is 0 Å². The molecule has 0 aliphatic rings. The van der Waals surface area contributed by atoms with Gasteiger partial charge in [-0.15, -0.1) is 12.4 Å². The monoisotopic (exact) mass is 334 g/mol. The zero-order chi connectivity index (χ0) is 16.3. The molecular formula is C18H23ClN2O2. The number of carbonyl (C=O) groups excluding carboxylic acids is 1. The van der Waals surface area contributed by atoms with Crippen LogP contribution in [-0.2, 0) is 10.2 Å². The fraction of sp³-hybridized carbons (Fsp3) is 0.278. The number of amides is 1. The Morgan fingerprint density at radius 2 is 1.74 bits per heavy atom. The smallest absolute Gasteiger partial charge is 0.245 e. The highest BCUT2D eigenvalue weighted by molar-refractivity contribution is 5.96. The summed E-state index contributed by atoms with van der Waals surface area (Å²) in [4.78, 5) is 12.3. The largest absolute Gasteiger partial charge is 0.506 e. The Bertz CT molecular complexity index is 666. The van der Waals surface area contributed by atoms with E-state index in [4.69, 9.17) is 5.73 Å². The first-order chi connectivity index (χ1) is 10.3. The Balaban J connectivity index is 0.00000264. The van der Waals surface area contributed by atoms with Gasteiger partial charge in [-0.25, -0.2) is 0 Å². The number of rotatable bonds is 3. The number of hydrogen-bond donors (Lipinski definition) is 3. The molecule has 0 bridgehead atoms. The third-order valence-electron chi connectivity index (χ3n) is 3.56. The van der Waals surface area contributed by atoms with Gasteiger partial charge in [-0.1, -0.05) is 57.2 Å². The maximum absolute atomic E-state index is 12.3. The molecular weight excluding hydrogens is 312 g/mol. The molecule has 0 heterocycles. The average molecular weight is 335 g/mol. The first-order valence-corrected chi connectivity index (χ1v) is 7.24. The van der Waals surface area contributed by atoms with Crippen molar-refractivity contribution in [3.05, 3.63) is 59.7 Å². The molecule has 4 nitrogen and oxygen atoms in total. The van der Waals surface area contributed by atoms with Gasteiger partial charge in [0.05, 0.1) is 5.69 Å². The molecule has 2 aromatic carbocycles. The van der Waals surface area contributed by atoms with Gasteiger partial charge in [-0.05, 0) is 28.7 Å². The summed E-state index contributed by atoms with van der Waals surface area (Å²) in [5.74, 6) is -0.325. The summed E-state index contributed by atoms with van der Waals surface area (Å²) >= 11 is 0. The highest BCUT2D eigenvalue weighted by atomic mass is 35.5. The van der Waals surface area contributed by atoms with E-state index in [-0.39, 0.29) is 29.5 Å². The summed E-state index contributed by atoms with van der Waals surface area (Å²) in [5, 5.41) is 12.7. The number of aromatic hydroxyl groups is 1. The molecule has 2 aromatic rings. The van der Waals surface area contributed by atoms with Crippen molar-refractivity contribution in [3.8, 4) is 5.75 Å². The number of hydrogen-bond acceptors (Lipinski definition) is 3. The van der Waals surface area contributed by atoms with Crippen LogP contribution in [0, 0.1) is 0 Å². The number of nitrogens with two attached hydrogens (primary N) is 1. The Kier molecular flexibility index (Phi) is 6.19. The minimum absolute atomic E-state index is 0. The predicted octanol–water partition coefficient (Wildman–Crippen LogP) is 3.75. The van der Waals surface area contributed by atoms with Gasteiger partial charge >= 0.3 is 0 Å². The van der Waals surface area contributed by atoms with Crippen LogP contribution in [0.15, 0.2) is 48.5 Å². The SMILES string of the molecule is CC(C)(C)c1ccc(O)c(NC(=O)C(N)c2ccccc2)c1.Cl. The van der Waals surface area contributed by atoms with Crippen LogP contribution >= 0.6 is 12.4 Å². The second-order valence-corrected chi connectivity index (χ2v) is 6.36. The number of nitrogens with one attached hydrogen (secondary N) is 1. The standard InChI is InChI=1S/C18H22N2O2.ClH/c1-18(2,3)13-9-10-15(21)14(11-13)20-17(22)16(19)12-7-5-4-6-8-12;/h4-11,16,21H,19H2,1-3H3,(H,20,22);1H. The molecule has 1 atom stereocenters. The summed E-state index contributed by atoms with van der Waals surface area (Å²) in [6, 6.07) is 13.6. The van der Waals surface area contributed by atoms with E-state index < -0.39 is 6.04 Å². The number of halogens is 1. The topological polar surface area (TPSA) is 75.3 Å². The Morgan fingerprint density at radius 1 is 1.13 bits per heavy atom. The molecule has 0 spiro atoms. The van der Waals surface area contributed by atoms with Gasteiger partial charge in [0.25, 0.3) is 0 Å². The van der Waals surface area contributed by atoms with Crippen LogP contribution in [0.4, 0.5) is 5.69 Å². The highest BCUT2D eigenvalue weighted by Crippen LogP contribution is 2.31. The number of phenols is 1. The molecule has 4 N–H and O–H groups in total. The average Bonchev–Trinajstić information content (AvgIpc) is 2.48. The molecule has 23 heavy (non-hydrogen) atoms. The first kappa shape index (κ1) is 19.0.